The van der Waals surface area contributed by atoms with Crippen molar-refractivity contribution in [3.05, 3.63) is 94.5 Å². The molecule has 7 nitrogen and oxygen atoms in total. The van der Waals surface area contributed by atoms with Crippen molar-refractivity contribution in [1.82, 2.24) is 4.90 Å². The van der Waals surface area contributed by atoms with Crippen LogP contribution in [0.1, 0.15) is 48.6 Å². The zero-order valence-corrected chi connectivity index (χ0v) is 18.7. The highest BCUT2D eigenvalue weighted by Crippen LogP contribution is 2.29. The Balaban J connectivity index is 1.18. The minimum Gasteiger partial charge on any atom is -0.326 e. The van der Waals surface area contributed by atoms with Crippen LogP contribution < -0.4 is 10.2 Å². The molecule has 0 saturated carbocycles. The third-order valence-electron chi connectivity index (χ3n) is 6.24. The van der Waals surface area contributed by atoms with Gasteiger partial charge < -0.3 is 10.2 Å². The van der Waals surface area contributed by atoms with E-state index < -0.39 is 0 Å². The molecule has 0 atom stereocenters. The van der Waals surface area contributed by atoms with Gasteiger partial charge in [-0.15, -0.1) is 0 Å². The molecule has 2 aliphatic heterocycles. The first-order valence-corrected chi connectivity index (χ1v) is 11.2. The summed E-state index contributed by atoms with van der Waals surface area (Å²) in [5.74, 6) is -1.15. The summed E-state index contributed by atoms with van der Waals surface area (Å²) in [4.78, 5) is 53.3. The smallest absolute Gasteiger partial charge is 0.261 e. The van der Waals surface area contributed by atoms with Gasteiger partial charge in [0.25, 0.3) is 17.7 Å². The van der Waals surface area contributed by atoms with E-state index >= 15 is 0 Å². The topological polar surface area (TPSA) is 86.8 Å². The number of nitrogens with one attached hydrogen (secondary N) is 1. The predicted octanol–water partition coefficient (Wildman–Crippen LogP) is 3.82. The number of hydrogen-bond acceptors (Lipinski definition) is 4. The van der Waals surface area contributed by atoms with Crippen LogP contribution in [0.2, 0.25) is 0 Å². The van der Waals surface area contributed by atoms with E-state index in [0.29, 0.717) is 28.9 Å². The molecule has 7 heteroatoms. The quantitative estimate of drug-likeness (QED) is 0.595. The molecule has 5 rings (SSSR count). The summed E-state index contributed by atoms with van der Waals surface area (Å²) in [5.41, 5.74) is 4.83. The molecule has 34 heavy (non-hydrogen) atoms. The van der Waals surface area contributed by atoms with Crippen LogP contribution >= 0.6 is 0 Å². The van der Waals surface area contributed by atoms with E-state index in [4.69, 9.17) is 0 Å². The molecule has 1 N–H and O–H groups in total. The molecule has 0 aliphatic carbocycles. The number of benzene rings is 3. The van der Waals surface area contributed by atoms with E-state index in [2.05, 4.69) is 5.32 Å². The predicted molar refractivity (Wildman–Crippen MR) is 128 cm³/mol. The molecule has 0 bridgehead atoms. The van der Waals surface area contributed by atoms with E-state index in [1.54, 1.807) is 47.4 Å². The molecule has 0 saturated heterocycles. The lowest BCUT2D eigenvalue weighted by molar-refractivity contribution is -0.116. The lowest BCUT2D eigenvalue weighted by Crippen LogP contribution is -2.32. The highest BCUT2D eigenvalue weighted by molar-refractivity contribution is 6.21. The number of amides is 4. The van der Waals surface area contributed by atoms with Gasteiger partial charge in [0.05, 0.1) is 11.1 Å². The number of carbonyl (C=O) groups excluding carboxylic acids is 4. The van der Waals surface area contributed by atoms with E-state index in [-0.39, 0.29) is 36.6 Å². The number of carbonyl (C=O) groups is 4. The highest BCUT2D eigenvalue weighted by atomic mass is 16.2. The van der Waals surface area contributed by atoms with Crippen molar-refractivity contribution in [1.29, 1.82) is 0 Å². The number of fused-ring (bicyclic) bond motifs is 2. The van der Waals surface area contributed by atoms with Gasteiger partial charge in [-0.25, -0.2) is 0 Å². The van der Waals surface area contributed by atoms with Crippen molar-refractivity contribution >= 4 is 35.0 Å². The van der Waals surface area contributed by atoms with Crippen LogP contribution in [0.3, 0.4) is 0 Å². The Kier molecular flexibility index (Phi) is 5.45. The van der Waals surface area contributed by atoms with E-state index in [1.807, 2.05) is 31.2 Å². The van der Waals surface area contributed by atoms with E-state index in [9.17, 15) is 19.2 Å². The Labute approximate surface area is 197 Å². The van der Waals surface area contributed by atoms with Gasteiger partial charge in [-0.1, -0.05) is 29.8 Å². The van der Waals surface area contributed by atoms with Crippen molar-refractivity contribution < 1.29 is 19.2 Å². The maximum atomic E-state index is 12.9. The van der Waals surface area contributed by atoms with Crippen LogP contribution in [0, 0.1) is 6.92 Å². The fraction of sp³-hybridized carbons (Fsp3) is 0.185. The summed E-state index contributed by atoms with van der Waals surface area (Å²) < 4.78 is 0. The maximum absolute atomic E-state index is 12.9. The lowest BCUT2D eigenvalue weighted by Gasteiger charge is -2.17. The van der Waals surface area contributed by atoms with Crippen molar-refractivity contribution in [3.8, 4) is 0 Å². The Morgan fingerprint density at radius 1 is 0.912 bits per heavy atom. The molecule has 0 fully saturated rings. The SMILES string of the molecule is Cc1ccc2c(c1)C(=O)N(CCC(=O)Nc1ccc(C(=O)N3CCc4ccccc43)cc1)C2=O. The number of anilines is 2. The molecular formula is C27H23N3O4. The summed E-state index contributed by atoms with van der Waals surface area (Å²) in [6, 6.07) is 19.7. The molecule has 0 aromatic heterocycles. The molecule has 0 radical (unpaired) electrons. The molecule has 3 aromatic rings. The van der Waals surface area contributed by atoms with Gasteiger partial charge >= 0.3 is 0 Å². The molecule has 0 spiro atoms. The molecule has 170 valence electrons. The fourth-order valence-corrected chi connectivity index (χ4v) is 4.45. The molecule has 2 aliphatic rings. The average molecular weight is 453 g/mol. The second kappa shape index (κ2) is 8.59. The first-order valence-electron chi connectivity index (χ1n) is 11.2. The molecular weight excluding hydrogens is 430 g/mol. The first kappa shape index (κ1) is 21.6. The average Bonchev–Trinajstić information content (AvgIpc) is 3.37. The summed E-state index contributed by atoms with van der Waals surface area (Å²) in [6.07, 6.45) is 0.818. The van der Waals surface area contributed by atoms with Crippen LogP contribution in [-0.2, 0) is 11.2 Å². The number of hydrogen-bond donors (Lipinski definition) is 1. The second-order valence-corrected chi connectivity index (χ2v) is 8.52. The minimum atomic E-state index is -0.376. The largest absolute Gasteiger partial charge is 0.326 e. The number of aryl methyl sites for hydroxylation is 1. The van der Waals surface area contributed by atoms with E-state index in [1.165, 1.54) is 0 Å². The Morgan fingerprint density at radius 3 is 2.44 bits per heavy atom. The standard InChI is InChI=1S/C27H23N3O4/c1-17-6-11-21-22(16-17)27(34)30(26(21)33)15-13-24(31)28-20-9-7-19(8-10-20)25(32)29-14-12-18-4-2-3-5-23(18)29/h2-11,16H,12-15H2,1H3,(H,28,31). The third kappa shape index (κ3) is 3.85. The summed E-state index contributed by atoms with van der Waals surface area (Å²) in [7, 11) is 0. The number of imide groups is 1. The van der Waals surface area contributed by atoms with Crippen molar-refractivity contribution in [3.63, 3.8) is 0 Å². The van der Waals surface area contributed by atoms with Gasteiger partial charge in [0.15, 0.2) is 0 Å². The van der Waals surface area contributed by atoms with Crippen LogP contribution in [0.4, 0.5) is 11.4 Å². The monoisotopic (exact) mass is 453 g/mol. The Hall–Kier alpha value is -4.26. The van der Waals surface area contributed by atoms with Gasteiger partial charge in [-0.2, -0.15) is 0 Å². The zero-order valence-electron chi connectivity index (χ0n) is 18.7. The Morgan fingerprint density at radius 2 is 1.65 bits per heavy atom. The third-order valence-corrected chi connectivity index (χ3v) is 6.24. The van der Waals surface area contributed by atoms with Crippen LogP contribution in [0.15, 0.2) is 66.7 Å². The van der Waals surface area contributed by atoms with Crippen LogP contribution in [0.5, 0.6) is 0 Å². The summed E-state index contributed by atoms with van der Waals surface area (Å²) >= 11 is 0. The van der Waals surface area contributed by atoms with E-state index in [0.717, 1.165) is 28.1 Å². The van der Waals surface area contributed by atoms with Gasteiger partial charge in [0.2, 0.25) is 5.91 Å². The van der Waals surface area contributed by atoms with Gasteiger partial charge in [-0.05, 0) is 61.4 Å². The molecule has 4 amide bonds. The van der Waals surface area contributed by atoms with Crippen molar-refractivity contribution in [2.24, 2.45) is 0 Å². The van der Waals surface area contributed by atoms with Crippen molar-refractivity contribution in [2.75, 3.05) is 23.3 Å². The number of para-hydroxylation sites is 1. The Bertz CT molecular complexity index is 1330. The number of nitrogens with zero attached hydrogens (tertiary/aromatic N) is 2. The lowest BCUT2D eigenvalue weighted by atomic mass is 10.1. The molecule has 3 aromatic carbocycles. The molecule has 0 unspecified atom stereocenters. The maximum Gasteiger partial charge on any atom is 0.261 e. The summed E-state index contributed by atoms with van der Waals surface area (Å²) in [5, 5.41) is 2.76. The highest BCUT2D eigenvalue weighted by Gasteiger charge is 2.35. The zero-order chi connectivity index (χ0) is 23.8. The number of rotatable bonds is 5. The van der Waals surface area contributed by atoms with Crippen LogP contribution in [0.25, 0.3) is 0 Å². The molecule has 2 heterocycles. The van der Waals surface area contributed by atoms with Gasteiger partial charge in [-0.3, -0.25) is 24.1 Å². The van der Waals surface area contributed by atoms with Crippen LogP contribution in [-0.4, -0.2) is 41.6 Å². The van der Waals surface area contributed by atoms with Gasteiger partial charge in [0.1, 0.15) is 0 Å². The second-order valence-electron chi connectivity index (χ2n) is 8.52. The minimum absolute atomic E-state index is 0.00215. The summed E-state index contributed by atoms with van der Waals surface area (Å²) in [6.45, 7) is 2.51. The fourth-order valence-electron chi connectivity index (χ4n) is 4.45. The van der Waals surface area contributed by atoms with Crippen molar-refractivity contribution in [2.45, 2.75) is 19.8 Å². The van der Waals surface area contributed by atoms with Gasteiger partial charge in [0, 0.05) is 36.4 Å². The first-order chi connectivity index (χ1) is 16.4. The normalized spacial score (nSPS) is 14.3.